The first-order valence-electron chi connectivity index (χ1n) is 4.86. The van der Waals surface area contributed by atoms with E-state index >= 15 is 0 Å². The molecule has 0 saturated carbocycles. The maximum absolute atomic E-state index is 13.1. The number of amides is 1. The van der Waals surface area contributed by atoms with E-state index in [-0.39, 0.29) is 11.7 Å². The van der Waals surface area contributed by atoms with Crippen LogP contribution in [-0.4, -0.2) is 11.8 Å². The molecular weight excluding hydrogens is 296 g/mol. The zero-order valence-corrected chi connectivity index (χ0v) is 11.2. The van der Waals surface area contributed by atoms with Crippen LogP contribution in [0, 0.1) is 12.7 Å². The molecule has 0 spiro atoms. The highest BCUT2D eigenvalue weighted by Gasteiger charge is 2.08. The normalized spacial score (nSPS) is 10.2. The fourth-order valence-corrected chi connectivity index (χ4v) is 1.70. The van der Waals surface area contributed by atoms with E-state index in [1.807, 2.05) is 0 Å². The van der Waals surface area contributed by atoms with Crippen LogP contribution < -0.4 is 5.32 Å². The topological polar surface area (TPSA) is 29.1 Å². The molecule has 1 aromatic carbocycles. The van der Waals surface area contributed by atoms with Crippen molar-refractivity contribution in [2.75, 3.05) is 11.2 Å². The standard InChI is InChI=1S/C11H12BrClFNO/c1-7-5-9(14)8(12)6-10(7)15-11(16)3-2-4-13/h5-6H,2-4H2,1H3,(H,15,16). The molecule has 5 heteroatoms. The van der Waals surface area contributed by atoms with Gasteiger partial charge in [0.1, 0.15) is 5.82 Å². The molecule has 0 heterocycles. The highest BCUT2D eigenvalue weighted by Crippen LogP contribution is 2.24. The minimum Gasteiger partial charge on any atom is -0.326 e. The zero-order chi connectivity index (χ0) is 12.1. The maximum Gasteiger partial charge on any atom is 0.224 e. The smallest absolute Gasteiger partial charge is 0.224 e. The van der Waals surface area contributed by atoms with Crippen molar-refractivity contribution in [1.29, 1.82) is 0 Å². The van der Waals surface area contributed by atoms with Crippen LogP contribution in [0.4, 0.5) is 10.1 Å². The molecule has 0 atom stereocenters. The molecule has 88 valence electrons. The fraction of sp³-hybridized carbons (Fsp3) is 0.364. The van der Waals surface area contributed by atoms with Crippen molar-refractivity contribution in [3.8, 4) is 0 Å². The van der Waals surface area contributed by atoms with Gasteiger partial charge in [0.25, 0.3) is 0 Å². The summed E-state index contributed by atoms with van der Waals surface area (Å²) >= 11 is 8.56. The molecule has 0 unspecified atom stereocenters. The summed E-state index contributed by atoms with van der Waals surface area (Å²) in [5, 5.41) is 2.72. The Balaban J connectivity index is 2.73. The molecule has 1 rings (SSSR count). The number of carbonyl (C=O) groups is 1. The Morgan fingerprint density at radius 2 is 2.25 bits per heavy atom. The Morgan fingerprint density at radius 1 is 1.56 bits per heavy atom. The summed E-state index contributed by atoms with van der Waals surface area (Å²) in [6.07, 6.45) is 1.01. The van der Waals surface area contributed by atoms with Crippen molar-refractivity contribution in [1.82, 2.24) is 0 Å². The van der Waals surface area contributed by atoms with Gasteiger partial charge in [-0.3, -0.25) is 4.79 Å². The summed E-state index contributed by atoms with van der Waals surface area (Å²) < 4.78 is 13.5. The van der Waals surface area contributed by atoms with Gasteiger partial charge in [-0.25, -0.2) is 4.39 Å². The van der Waals surface area contributed by atoms with Gasteiger partial charge in [-0.1, -0.05) is 0 Å². The molecule has 1 amide bonds. The predicted molar refractivity (Wildman–Crippen MR) is 67.4 cm³/mol. The van der Waals surface area contributed by atoms with Crippen LogP contribution in [-0.2, 0) is 4.79 Å². The van der Waals surface area contributed by atoms with Crippen molar-refractivity contribution in [2.24, 2.45) is 0 Å². The van der Waals surface area contributed by atoms with Gasteiger partial charge in [0.05, 0.1) is 4.47 Å². The predicted octanol–water partition coefficient (Wildman–Crippen LogP) is 3.85. The van der Waals surface area contributed by atoms with E-state index in [0.717, 1.165) is 0 Å². The summed E-state index contributed by atoms with van der Waals surface area (Å²) in [4.78, 5) is 11.4. The van der Waals surface area contributed by atoms with Gasteiger partial charge in [-0.15, -0.1) is 11.6 Å². The summed E-state index contributed by atoms with van der Waals surface area (Å²) in [7, 11) is 0. The lowest BCUT2D eigenvalue weighted by Gasteiger charge is -2.09. The minimum absolute atomic E-state index is 0.109. The number of alkyl halides is 1. The average Bonchev–Trinajstić information content (AvgIpc) is 2.23. The highest BCUT2D eigenvalue weighted by molar-refractivity contribution is 9.10. The number of hydrogen-bond donors (Lipinski definition) is 1. The number of halogens is 3. The molecule has 0 bridgehead atoms. The minimum atomic E-state index is -0.337. The Morgan fingerprint density at radius 3 is 2.88 bits per heavy atom. The lowest BCUT2D eigenvalue weighted by Crippen LogP contribution is -2.12. The van der Waals surface area contributed by atoms with Crippen molar-refractivity contribution in [3.05, 3.63) is 28.0 Å². The number of benzene rings is 1. The van der Waals surface area contributed by atoms with Gasteiger partial charge in [0, 0.05) is 18.0 Å². The molecule has 1 aromatic rings. The van der Waals surface area contributed by atoms with Crippen molar-refractivity contribution >= 4 is 39.1 Å². The first-order valence-corrected chi connectivity index (χ1v) is 6.19. The number of carbonyl (C=O) groups excluding carboxylic acids is 1. The summed E-state index contributed by atoms with van der Waals surface area (Å²) in [6, 6.07) is 2.94. The molecule has 0 radical (unpaired) electrons. The third-order valence-corrected chi connectivity index (χ3v) is 2.95. The van der Waals surface area contributed by atoms with Gasteiger partial charge in [-0.05, 0) is 47.0 Å². The van der Waals surface area contributed by atoms with Gasteiger partial charge < -0.3 is 5.32 Å². The van der Waals surface area contributed by atoms with E-state index in [1.54, 1.807) is 13.0 Å². The molecule has 0 aliphatic carbocycles. The number of rotatable bonds is 4. The summed E-state index contributed by atoms with van der Waals surface area (Å²) in [5.74, 6) is 0.0120. The SMILES string of the molecule is Cc1cc(F)c(Br)cc1NC(=O)CCCCl. The lowest BCUT2D eigenvalue weighted by atomic mass is 10.2. The van der Waals surface area contributed by atoms with Crippen molar-refractivity contribution in [2.45, 2.75) is 19.8 Å². The molecule has 0 saturated heterocycles. The number of hydrogen-bond acceptors (Lipinski definition) is 1. The van der Waals surface area contributed by atoms with Gasteiger partial charge in [0.15, 0.2) is 0 Å². The second-order valence-electron chi connectivity index (χ2n) is 3.42. The van der Waals surface area contributed by atoms with Crippen LogP contribution in [0.1, 0.15) is 18.4 Å². The Kier molecular flexibility index (Phi) is 5.22. The number of aryl methyl sites for hydroxylation is 1. The van der Waals surface area contributed by atoms with Crippen LogP contribution in [0.25, 0.3) is 0 Å². The molecule has 0 aromatic heterocycles. The summed E-state index contributed by atoms with van der Waals surface area (Å²) in [5.41, 5.74) is 1.31. The monoisotopic (exact) mass is 307 g/mol. The molecule has 0 fully saturated rings. The summed E-state index contributed by atoms with van der Waals surface area (Å²) in [6.45, 7) is 1.74. The van der Waals surface area contributed by atoms with Gasteiger partial charge in [0.2, 0.25) is 5.91 Å². The van der Waals surface area contributed by atoms with Gasteiger partial charge in [-0.2, -0.15) is 0 Å². The first-order chi connectivity index (χ1) is 7.54. The van der Waals surface area contributed by atoms with Crippen LogP contribution in [0.5, 0.6) is 0 Å². The van der Waals surface area contributed by atoms with E-state index < -0.39 is 0 Å². The Bertz CT molecular complexity index is 398. The average molecular weight is 309 g/mol. The van der Waals surface area contributed by atoms with E-state index in [9.17, 15) is 9.18 Å². The third-order valence-electron chi connectivity index (χ3n) is 2.08. The first kappa shape index (κ1) is 13.5. The molecule has 0 aliphatic heterocycles. The lowest BCUT2D eigenvalue weighted by molar-refractivity contribution is -0.116. The number of nitrogens with one attached hydrogen (secondary N) is 1. The Labute approximate surface area is 107 Å². The largest absolute Gasteiger partial charge is 0.326 e. The van der Waals surface area contributed by atoms with Crippen molar-refractivity contribution in [3.63, 3.8) is 0 Å². The highest BCUT2D eigenvalue weighted by atomic mass is 79.9. The molecular formula is C11H12BrClFNO. The zero-order valence-electron chi connectivity index (χ0n) is 8.82. The second-order valence-corrected chi connectivity index (χ2v) is 4.65. The second kappa shape index (κ2) is 6.21. The van der Waals surface area contributed by atoms with E-state index in [2.05, 4.69) is 21.2 Å². The van der Waals surface area contributed by atoms with Crippen LogP contribution in [0.3, 0.4) is 0 Å². The molecule has 2 nitrogen and oxygen atoms in total. The van der Waals surface area contributed by atoms with Crippen LogP contribution >= 0.6 is 27.5 Å². The molecule has 16 heavy (non-hydrogen) atoms. The third kappa shape index (κ3) is 3.76. The van der Waals surface area contributed by atoms with E-state index in [0.29, 0.717) is 34.4 Å². The quantitative estimate of drug-likeness (QED) is 0.841. The number of anilines is 1. The van der Waals surface area contributed by atoms with Crippen molar-refractivity contribution < 1.29 is 9.18 Å². The van der Waals surface area contributed by atoms with Crippen LogP contribution in [0.2, 0.25) is 0 Å². The van der Waals surface area contributed by atoms with Crippen LogP contribution in [0.15, 0.2) is 16.6 Å². The van der Waals surface area contributed by atoms with Gasteiger partial charge >= 0.3 is 0 Å². The molecule has 1 N–H and O–H groups in total. The van der Waals surface area contributed by atoms with E-state index in [4.69, 9.17) is 11.6 Å². The maximum atomic E-state index is 13.1. The molecule has 0 aliphatic rings. The Hall–Kier alpha value is -0.610. The fourth-order valence-electron chi connectivity index (χ4n) is 1.22. The van der Waals surface area contributed by atoms with E-state index in [1.165, 1.54) is 6.07 Å².